The van der Waals surface area contributed by atoms with E-state index in [1.54, 1.807) is 39.5 Å². The Morgan fingerprint density at radius 2 is 1.94 bits per heavy atom. The van der Waals surface area contributed by atoms with Gasteiger partial charge in [-0.15, -0.1) is 0 Å². The molecule has 1 N–H and O–H groups in total. The molecule has 1 atom stereocenters. The first-order chi connectivity index (χ1) is 7.72. The average molecular weight is 226 g/mol. The highest BCUT2D eigenvalue weighted by Gasteiger charge is 2.14. The molecular weight excluding hydrogens is 208 g/mol. The summed E-state index contributed by atoms with van der Waals surface area (Å²) < 4.78 is 15.2. The second-order valence-corrected chi connectivity index (χ2v) is 3.41. The minimum atomic E-state index is -0.606. The fraction of sp³-hybridized carbons (Fsp3) is 0.500. The van der Waals surface area contributed by atoms with Crippen LogP contribution in [0.5, 0.6) is 11.5 Å². The van der Waals surface area contributed by atoms with Gasteiger partial charge in [0.05, 0.1) is 20.3 Å². The van der Waals surface area contributed by atoms with Crippen molar-refractivity contribution >= 4 is 0 Å². The van der Waals surface area contributed by atoms with E-state index in [1.807, 2.05) is 0 Å². The summed E-state index contributed by atoms with van der Waals surface area (Å²) in [6, 6.07) is 5.36. The molecule has 4 heteroatoms. The van der Waals surface area contributed by atoms with Crippen molar-refractivity contribution < 1.29 is 19.3 Å². The van der Waals surface area contributed by atoms with E-state index in [1.165, 1.54) is 0 Å². The summed E-state index contributed by atoms with van der Waals surface area (Å²) in [4.78, 5) is 0. The molecule has 0 aliphatic carbocycles. The number of aliphatic hydroxyl groups is 1. The van der Waals surface area contributed by atoms with Gasteiger partial charge in [0.25, 0.3) is 0 Å². The van der Waals surface area contributed by atoms with Crippen molar-refractivity contribution in [3.63, 3.8) is 0 Å². The second kappa shape index (κ2) is 6.35. The third kappa shape index (κ3) is 3.12. The van der Waals surface area contributed by atoms with Gasteiger partial charge >= 0.3 is 0 Å². The van der Waals surface area contributed by atoms with Crippen LogP contribution in [0, 0.1) is 0 Å². The molecule has 0 radical (unpaired) electrons. The van der Waals surface area contributed by atoms with Gasteiger partial charge in [0.1, 0.15) is 11.5 Å². The van der Waals surface area contributed by atoms with E-state index in [9.17, 15) is 5.11 Å². The van der Waals surface area contributed by atoms with Crippen LogP contribution >= 0.6 is 0 Å². The minimum Gasteiger partial charge on any atom is -0.497 e. The molecule has 0 bridgehead atoms. The smallest absolute Gasteiger partial charge is 0.124 e. The van der Waals surface area contributed by atoms with Crippen molar-refractivity contribution in [1.82, 2.24) is 0 Å². The van der Waals surface area contributed by atoms with Gasteiger partial charge < -0.3 is 19.3 Å². The zero-order chi connectivity index (χ0) is 12.0. The lowest BCUT2D eigenvalue weighted by Crippen LogP contribution is -2.04. The van der Waals surface area contributed by atoms with Crippen LogP contribution in [0.3, 0.4) is 0 Å². The molecule has 0 heterocycles. The Kier molecular flexibility index (Phi) is 5.08. The van der Waals surface area contributed by atoms with Crippen molar-refractivity contribution in [3.05, 3.63) is 23.8 Å². The molecule has 16 heavy (non-hydrogen) atoms. The van der Waals surface area contributed by atoms with Crippen LogP contribution < -0.4 is 9.47 Å². The quantitative estimate of drug-likeness (QED) is 0.803. The third-order valence-electron chi connectivity index (χ3n) is 2.39. The maximum Gasteiger partial charge on any atom is 0.124 e. The van der Waals surface area contributed by atoms with Crippen molar-refractivity contribution in [2.45, 2.75) is 12.5 Å². The number of methoxy groups -OCH3 is 3. The standard InChI is InChI=1S/C12H18O4/c1-14-7-6-11(13)10-8-9(15-2)4-5-12(10)16-3/h4-5,8,11,13H,6-7H2,1-3H3. The largest absolute Gasteiger partial charge is 0.497 e. The van der Waals surface area contributed by atoms with Gasteiger partial charge in [-0.1, -0.05) is 0 Å². The molecule has 0 saturated carbocycles. The number of hydrogen-bond acceptors (Lipinski definition) is 4. The summed E-state index contributed by atoms with van der Waals surface area (Å²) in [5.41, 5.74) is 0.721. The van der Waals surface area contributed by atoms with Crippen LogP contribution in [0.1, 0.15) is 18.1 Å². The molecule has 0 aliphatic rings. The summed E-state index contributed by atoms with van der Waals surface area (Å²) in [6.07, 6.45) is -0.0787. The van der Waals surface area contributed by atoms with E-state index in [2.05, 4.69) is 0 Å². The van der Waals surface area contributed by atoms with Crippen molar-refractivity contribution in [2.24, 2.45) is 0 Å². The van der Waals surface area contributed by atoms with Gasteiger partial charge in [0.2, 0.25) is 0 Å². The molecule has 0 aromatic heterocycles. The predicted octanol–water partition coefficient (Wildman–Crippen LogP) is 1.77. The second-order valence-electron chi connectivity index (χ2n) is 3.41. The summed E-state index contributed by atoms with van der Waals surface area (Å²) in [5, 5.41) is 9.97. The summed E-state index contributed by atoms with van der Waals surface area (Å²) >= 11 is 0. The Labute approximate surface area is 95.8 Å². The molecule has 0 amide bonds. The molecule has 1 rings (SSSR count). The van der Waals surface area contributed by atoms with Gasteiger partial charge in [-0.05, 0) is 18.2 Å². The van der Waals surface area contributed by atoms with Gasteiger partial charge in [0, 0.05) is 25.7 Å². The van der Waals surface area contributed by atoms with Gasteiger partial charge in [-0.25, -0.2) is 0 Å². The summed E-state index contributed by atoms with van der Waals surface area (Å²) in [5.74, 6) is 1.36. The fourth-order valence-corrected chi connectivity index (χ4v) is 1.48. The van der Waals surface area contributed by atoms with E-state index < -0.39 is 6.10 Å². The summed E-state index contributed by atoms with van der Waals surface area (Å²) in [7, 11) is 4.77. The summed E-state index contributed by atoms with van der Waals surface area (Å²) in [6.45, 7) is 0.502. The van der Waals surface area contributed by atoms with E-state index in [0.717, 1.165) is 5.56 Å². The minimum absolute atomic E-state index is 0.502. The highest BCUT2D eigenvalue weighted by molar-refractivity contribution is 5.41. The van der Waals surface area contributed by atoms with E-state index in [4.69, 9.17) is 14.2 Å². The molecule has 4 nitrogen and oxygen atoms in total. The zero-order valence-corrected chi connectivity index (χ0v) is 9.90. The first-order valence-electron chi connectivity index (χ1n) is 5.11. The lowest BCUT2D eigenvalue weighted by Gasteiger charge is -2.15. The Balaban J connectivity index is 2.89. The van der Waals surface area contributed by atoms with E-state index >= 15 is 0 Å². The molecule has 0 spiro atoms. The maximum atomic E-state index is 9.97. The molecule has 90 valence electrons. The Hall–Kier alpha value is -1.26. The number of hydrogen-bond donors (Lipinski definition) is 1. The van der Waals surface area contributed by atoms with Crippen LogP contribution in [0.15, 0.2) is 18.2 Å². The molecule has 1 aromatic rings. The Morgan fingerprint density at radius 1 is 1.19 bits per heavy atom. The van der Waals surface area contributed by atoms with Gasteiger partial charge in [0.15, 0.2) is 0 Å². The van der Waals surface area contributed by atoms with Gasteiger partial charge in [-0.3, -0.25) is 0 Å². The molecule has 0 fully saturated rings. The lowest BCUT2D eigenvalue weighted by atomic mass is 10.1. The van der Waals surface area contributed by atoms with Crippen molar-refractivity contribution in [2.75, 3.05) is 27.9 Å². The highest BCUT2D eigenvalue weighted by Crippen LogP contribution is 2.30. The average Bonchev–Trinajstić information content (AvgIpc) is 2.35. The Bertz CT molecular complexity index is 325. The monoisotopic (exact) mass is 226 g/mol. The van der Waals surface area contributed by atoms with Crippen LogP contribution in [0.4, 0.5) is 0 Å². The molecular formula is C12H18O4. The molecule has 0 saturated heterocycles. The van der Waals surface area contributed by atoms with Crippen LogP contribution in [0.2, 0.25) is 0 Å². The SMILES string of the molecule is COCCC(O)c1cc(OC)ccc1OC. The topological polar surface area (TPSA) is 47.9 Å². The predicted molar refractivity (Wildman–Crippen MR) is 61.0 cm³/mol. The molecule has 1 unspecified atom stereocenters. The van der Waals surface area contributed by atoms with Crippen LogP contribution in [-0.2, 0) is 4.74 Å². The van der Waals surface area contributed by atoms with Gasteiger partial charge in [-0.2, -0.15) is 0 Å². The highest BCUT2D eigenvalue weighted by atomic mass is 16.5. The fourth-order valence-electron chi connectivity index (χ4n) is 1.48. The van der Waals surface area contributed by atoms with Crippen molar-refractivity contribution in [3.8, 4) is 11.5 Å². The normalized spacial score (nSPS) is 12.2. The maximum absolute atomic E-state index is 9.97. The first kappa shape index (κ1) is 12.8. The molecule has 1 aromatic carbocycles. The Morgan fingerprint density at radius 3 is 2.50 bits per heavy atom. The van der Waals surface area contributed by atoms with Crippen molar-refractivity contribution in [1.29, 1.82) is 0 Å². The number of rotatable bonds is 6. The van der Waals surface area contributed by atoms with E-state index in [-0.39, 0.29) is 0 Å². The van der Waals surface area contributed by atoms with Crippen LogP contribution in [-0.4, -0.2) is 33.0 Å². The van der Waals surface area contributed by atoms with E-state index in [0.29, 0.717) is 24.5 Å². The number of ether oxygens (including phenoxy) is 3. The third-order valence-corrected chi connectivity index (χ3v) is 2.39. The zero-order valence-electron chi connectivity index (χ0n) is 9.90. The number of aliphatic hydroxyl groups excluding tert-OH is 1. The lowest BCUT2D eigenvalue weighted by molar-refractivity contribution is 0.108. The first-order valence-corrected chi connectivity index (χ1v) is 5.11. The number of benzene rings is 1. The molecule has 0 aliphatic heterocycles. The van der Waals surface area contributed by atoms with Crippen LogP contribution in [0.25, 0.3) is 0 Å².